The van der Waals surface area contributed by atoms with Crippen molar-refractivity contribution in [1.82, 2.24) is 19.5 Å². The zero-order valence-corrected chi connectivity index (χ0v) is 10.8. The number of nitrogens with zero attached hydrogens (tertiary/aromatic N) is 4. The molecular weight excluding hydrogens is 285 g/mol. The van der Waals surface area contributed by atoms with Gasteiger partial charge in [0.25, 0.3) is 0 Å². The van der Waals surface area contributed by atoms with Gasteiger partial charge in [0, 0.05) is 18.5 Å². The van der Waals surface area contributed by atoms with Crippen LogP contribution in [-0.2, 0) is 6.18 Å². The fourth-order valence-corrected chi connectivity index (χ4v) is 2.02. The van der Waals surface area contributed by atoms with Crippen LogP contribution in [-0.4, -0.2) is 26.6 Å². The Bertz CT molecular complexity index is 783. The molecule has 0 amide bonds. The molecule has 3 rings (SSSR count). The molecule has 0 unspecified atom stereocenters. The molecule has 0 saturated carbocycles. The maximum atomic E-state index is 13.2. The van der Waals surface area contributed by atoms with Crippen LogP contribution in [0.3, 0.4) is 0 Å². The fourth-order valence-electron chi connectivity index (χ4n) is 2.02. The van der Waals surface area contributed by atoms with E-state index in [1.807, 2.05) is 0 Å². The summed E-state index contributed by atoms with van der Waals surface area (Å²) in [6, 6.07) is 4.51. The predicted molar refractivity (Wildman–Crippen MR) is 68.2 cm³/mol. The number of methoxy groups -OCH3 is 1. The van der Waals surface area contributed by atoms with E-state index in [2.05, 4.69) is 15.0 Å². The van der Waals surface area contributed by atoms with Gasteiger partial charge in [-0.15, -0.1) is 0 Å². The van der Waals surface area contributed by atoms with Gasteiger partial charge in [-0.25, -0.2) is 9.97 Å². The quantitative estimate of drug-likeness (QED) is 0.729. The van der Waals surface area contributed by atoms with Crippen LogP contribution in [0, 0.1) is 0 Å². The van der Waals surface area contributed by atoms with Gasteiger partial charge < -0.3 is 4.74 Å². The van der Waals surface area contributed by atoms with Crippen LogP contribution in [0.2, 0.25) is 0 Å². The summed E-state index contributed by atoms with van der Waals surface area (Å²) in [5, 5.41) is 0. The van der Waals surface area contributed by atoms with Crippen molar-refractivity contribution in [3.05, 3.63) is 42.6 Å². The van der Waals surface area contributed by atoms with Crippen molar-refractivity contribution in [2.45, 2.75) is 6.18 Å². The van der Waals surface area contributed by atoms with Crippen LogP contribution >= 0.6 is 0 Å². The number of aromatic nitrogens is 4. The first-order valence-electron chi connectivity index (χ1n) is 5.91. The molecule has 0 bridgehead atoms. The van der Waals surface area contributed by atoms with Gasteiger partial charge in [0.15, 0.2) is 5.82 Å². The van der Waals surface area contributed by atoms with E-state index in [-0.39, 0.29) is 16.9 Å². The van der Waals surface area contributed by atoms with Gasteiger partial charge in [0.1, 0.15) is 5.75 Å². The first kappa shape index (κ1) is 13.3. The summed E-state index contributed by atoms with van der Waals surface area (Å²) >= 11 is 0. The highest BCUT2D eigenvalue weighted by Gasteiger charge is 2.38. The second-order valence-corrected chi connectivity index (χ2v) is 4.19. The Morgan fingerprint density at radius 1 is 1.19 bits per heavy atom. The van der Waals surface area contributed by atoms with Crippen LogP contribution in [0.15, 0.2) is 36.8 Å². The first-order chi connectivity index (χ1) is 10.0. The Hall–Kier alpha value is -2.64. The number of rotatable bonds is 2. The average Bonchev–Trinajstić information content (AvgIpc) is 2.86. The highest BCUT2D eigenvalue weighted by atomic mass is 19.4. The van der Waals surface area contributed by atoms with Crippen LogP contribution in [0.4, 0.5) is 13.2 Å². The molecule has 0 atom stereocenters. The molecular formula is C13H9F3N4O. The molecule has 0 aliphatic carbocycles. The second-order valence-electron chi connectivity index (χ2n) is 4.19. The standard InChI is InChI=1S/C13H9F3N4O/c1-21-8-2-3-10-9(6-8)19-12(13(14,15)16)20(10)11-7-17-4-5-18-11/h2-7H,1H3. The summed E-state index contributed by atoms with van der Waals surface area (Å²) in [5.41, 5.74) is 0.455. The van der Waals surface area contributed by atoms with E-state index in [1.165, 1.54) is 37.8 Å². The zero-order chi connectivity index (χ0) is 15.0. The molecule has 21 heavy (non-hydrogen) atoms. The molecule has 2 heterocycles. The molecule has 2 aromatic heterocycles. The summed E-state index contributed by atoms with van der Waals surface area (Å²) in [7, 11) is 1.44. The summed E-state index contributed by atoms with van der Waals surface area (Å²) in [6.45, 7) is 0. The first-order valence-corrected chi connectivity index (χ1v) is 5.91. The third-order valence-electron chi connectivity index (χ3n) is 2.89. The number of ether oxygens (including phenoxy) is 1. The molecule has 0 fully saturated rings. The topological polar surface area (TPSA) is 52.8 Å². The van der Waals surface area contributed by atoms with Crippen LogP contribution in [0.1, 0.15) is 5.82 Å². The van der Waals surface area contributed by atoms with Crippen molar-refractivity contribution >= 4 is 11.0 Å². The van der Waals surface area contributed by atoms with E-state index in [9.17, 15) is 13.2 Å². The number of hydrogen-bond donors (Lipinski definition) is 0. The summed E-state index contributed by atoms with van der Waals surface area (Å²) < 4.78 is 45.5. The number of halogens is 3. The SMILES string of the molecule is COc1ccc2c(c1)nc(C(F)(F)F)n2-c1cnccn1. The lowest BCUT2D eigenvalue weighted by atomic mass is 10.3. The average molecular weight is 294 g/mol. The maximum absolute atomic E-state index is 13.2. The molecule has 0 N–H and O–H groups in total. The van der Waals surface area contributed by atoms with Gasteiger partial charge in [-0.3, -0.25) is 9.55 Å². The molecule has 0 radical (unpaired) electrons. The smallest absolute Gasteiger partial charge is 0.450 e. The minimum atomic E-state index is -4.61. The Balaban J connectivity index is 2.34. The van der Waals surface area contributed by atoms with E-state index in [1.54, 1.807) is 6.07 Å². The molecule has 0 spiro atoms. The highest BCUT2D eigenvalue weighted by Crippen LogP contribution is 2.34. The fraction of sp³-hybridized carbons (Fsp3) is 0.154. The van der Waals surface area contributed by atoms with Crippen molar-refractivity contribution < 1.29 is 17.9 Å². The number of hydrogen-bond acceptors (Lipinski definition) is 4. The second kappa shape index (κ2) is 4.72. The minimum absolute atomic E-state index is 0.0532. The molecule has 0 aliphatic rings. The van der Waals surface area contributed by atoms with Gasteiger partial charge in [0.05, 0.1) is 24.3 Å². The van der Waals surface area contributed by atoms with Crippen molar-refractivity contribution in [1.29, 1.82) is 0 Å². The lowest BCUT2D eigenvalue weighted by Crippen LogP contribution is -2.14. The molecule has 0 saturated heterocycles. The predicted octanol–water partition coefficient (Wildman–Crippen LogP) is 2.84. The Morgan fingerprint density at radius 2 is 2.00 bits per heavy atom. The molecule has 5 nitrogen and oxygen atoms in total. The molecule has 0 aliphatic heterocycles. The van der Waals surface area contributed by atoms with Gasteiger partial charge in [-0.2, -0.15) is 13.2 Å². The Morgan fingerprint density at radius 3 is 2.62 bits per heavy atom. The van der Waals surface area contributed by atoms with Crippen molar-refractivity contribution in [3.8, 4) is 11.6 Å². The van der Waals surface area contributed by atoms with Crippen molar-refractivity contribution in [3.63, 3.8) is 0 Å². The molecule has 8 heteroatoms. The Kier molecular flexibility index (Phi) is 3.00. The third kappa shape index (κ3) is 2.28. The minimum Gasteiger partial charge on any atom is -0.497 e. The van der Waals surface area contributed by atoms with Crippen LogP contribution < -0.4 is 4.74 Å². The van der Waals surface area contributed by atoms with Gasteiger partial charge in [0.2, 0.25) is 5.82 Å². The highest BCUT2D eigenvalue weighted by molar-refractivity contribution is 5.79. The molecule has 108 valence electrons. The van der Waals surface area contributed by atoms with Gasteiger partial charge >= 0.3 is 6.18 Å². The lowest BCUT2D eigenvalue weighted by Gasteiger charge is -2.09. The number of fused-ring (bicyclic) bond motifs is 1. The monoisotopic (exact) mass is 294 g/mol. The summed E-state index contributed by atoms with van der Waals surface area (Å²) in [5.74, 6) is -0.566. The molecule has 1 aromatic carbocycles. The van der Waals surface area contributed by atoms with Crippen molar-refractivity contribution in [2.75, 3.05) is 7.11 Å². The van der Waals surface area contributed by atoms with E-state index >= 15 is 0 Å². The van der Waals surface area contributed by atoms with Crippen molar-refractivity contribution in [2.24, 2.45) is 0 Å². The van der Waals surface area contributed by atoms with Crippen LogP contribution in [0.5, 0.6) is 5.75 Å². The zero-order valence-electron chi connectivity index (χ0n) is 10.8. The number of benzene rings is 1. The normalized spacial score (nSPS) is 11.8. The van der Waals surface area contributed by atoms with Crippen LogP contribution in [0.25, 0.3) is 16.9 Å². The summed E-state index contributed by atoms with van der Waals surface area (Å²) in [6.07, 6.45) is -0.645. The van der Waals surface area contributed by atoms with E-state index in [0.717, 1.165) is 4.57 Å². The largest absolute Gasteiger partial charge is 0.497 e. The van der Waals surface area contributed by atoms with E-state index in [4.69, 9.17) is 4.74 Å². The van der Waals surface area contributed by atoms with E-state index in [0.29, 0.717) is 5.75 Å². The number of imidazole rings is 1. The van der Waals surface area contributed by atoms with Gasteiger partial charge in [-0.1, -0.05) is 0 Å². The lowest BCUT2D eigenvalue weighted by molar-refractivity contribution is -0.145. The summed E-state index contributed by atoms with van der Waals surface area (Å²) in [4.78, 5) is 11.4. The van der Waals surface area contributed by atoms with E-state index < -0.39 is 12.0 Å². The number of alkyl halides is 3. The Labute approximate surface area is 117 Å². The maximum Gasteiger partial charge on any atom is 0.450 e. The third-order valence-corrected chi connectivity index (χ3v) is 2.89. The van der Waals surface area contributed by atoms with Gasteiger partial charge in [-0.05, 0) is 12.1 Å². The molecule has 3 aromatic rings.